The predicted octanol–water partition coefficient (Wildman–Crippen LogP) is 0.982. The maximum absolute atomic E-state index is 11.8. The van der Waals surface area contributed by atoms with Crippen LogP contribution in [0.15, 0.2) is 29.9 Å². The highest BCUT2D eigenvalue weighted by molar-refractivity contribution is 7.09. The summed E-state index contributed by atoms with van der Waals surface area (Å²) in [5.41, 5.74) is 5.42. The smallest absolute Gasteiger partial charge is 0.361 e. The summed E-state index contributed by atoms with van der Waals surface area (Å²) in [7, 11) is 0. The molecule has 7 nitrogen and oxygen atoms in total. The number of esters is 1. The van der Waals surface area contributed by atoms with Crippen LogP contribution in [-0.2, 0) is 16.1 Å². The predicted molar refractivity (Wildman–Crippen MR) is 77.5 cm³/mol. The van der Waals surface area contributed by atoms with Crippen LogP contribution >= 0.6 is 11.3 Å². The fourth-order valence-corrected chi connectivity index (χ4v) is 2.15. The molecule has 2 aromatic rings. The van der Waals surface area contributed by atoms with E-state index in [0.29, 0.717) is 6.54 Å². The van der Waals surface area contributed by atoms with E-state index in [4.69, 9.17) is 10.5 Å². The molecule has 0 saturated carbocycles. The van der Waals surface area contributed by atoms with Gasteiger partial charge >= 0.3 is 5.97 Å². The second kappa shape index (κ2) is 6.80. The third kappa shape index (κ3) is 3.99. The van der Waals surface area contributed by atoms with Gasteiger partial charge in [0.2, 0.25) is 0 Å². The third-order valence-electron chi connectivity index (χ3n) is 2.59. The number of aromatic nitrogens is 2. The summed E-state index contributed by atoms with van der Waals surface area (Å²) >= 11 is 1.53. The largest absolute Gasteiger partial charge is 0.448 e. The standard InChI is InChI=1S/C13H14N4O3S/c1-8(12(18)17-7-9-3-2-6-21-9)20-13(19)10-11(14)16-5-4-15-10/h2-6,8H,7H2,1H3,(H2,14,16)(H,17,18)/t8-/m0/s1. The molecular formula is C13H14N4O3S. The molecule has 0 aliphatic carbocycles. The van der Waals surface area contributed by atoms with E-state index in [-0.39, 0.29) is 17.4 Å². The zero-order valence-corrected chi connectivity index (χ0v) is 12.1. The number of thiophene rings is 1. The lowest BCUT2D eigenvalue weighted by atomic mass is 10.3. The second-order valence-electron chi connectivity index (χ2n) is 4.13. The average Bonchev–Trinajstić information content (AvgIpc) is 2.98. The zero-order chi connectivity index (χ0) is 15.2. The van der Waals surface area contributed by atoms with Crippen LogP contribution in [0.5, 0.6) is 0 Å². The first-order valence-corrected chi connectivity index (χ1v) is 7.03. The molecule has 1 amide bonds. The average molecular weight is 306 g/mol. The maximum Gasteiger partial charge on any atom is 0.361 e. The number of hydrogen-bond donors (Lipinski definition) is 2. The Hall–Kier alpha value is -2.48. The monoisotopic (exact) mass is 306 g/mol. The van der Waals surface area contributed by atoms with Crippen molar-refractivity contribution < 1.29 is 14.3 Å². The number of carbonyl (C=O) groups excluding carboxylic acids is 2. The fourth-order valence-electron chi connectivity index (χ4n) is 1.51. The summed E-state index contributed by atoms with van der Waals surface area (Å²) in [6, 6.07) is 3.80. The Bertz CT molecular complexity index is 630. The van der Waals surface area contributed by atoms with Crippen molar-refractivity contribution in [2.75, 3.05) is 5.73 Å². The number of carbonyl (C=O) groups is 2. The van der Waals surface area contributed by atoms with Gasteiger partial charge in [0.15, 0.2) is 17.6 Å². The number of anilines is 1. The SMILES string of the molecule is C[C@H](OC(=O)c1nccnc1N)C(=O)NCc1cccs1. The van der Waals surface area contributed by atoms with E-state index < -0.39 is 12.1 Å². The van der Waals surface area contributed by atoms with Gasteiger partial charge in [0, 0.05) is 17.3 Å². The van der Waals surface area contributed by atoms with Crippen molar-refractivity contribution in [3.05, 3.63) is 40.5 Å². The van der Waals surface area contributed by atoms with E-state index in [1.165, 1.54) is 30.7 Å². The molecule has 0 fully saturated rings. The maximum atomic E-state index is 11.8. The van der Waals surface area contributed by atoms with E-state index in [1.54, 1.807) is 0 Å². The van der Waals surface area contributed by atoms with Gasteiger partial charge in [-0.15, -0.1) is 11.3 Å². The lowest BCUT2D eigenvalue weighted by Crippen LogP contribution is -2.35. The summed E-state index contributed by atoms with van der Waals surface area (Å²) in [6.45, 7) is 1.87. The molecule has 110 valence electrons. The zero-order valence-electron chi connectivity index (χ0n) is 11.3. The van der Waals surface area contributed by atoms with Crippen LogP contribution in [0.4, 0.5) is 5.82 Å². The molecular weight excluding hydrogens is 292 g/mol. The second-order valence-corrected chi connectivity index (χ2v) is 5.17. The van der Waals surface area contributed by atoms with E-state index in [9.17, 15) is 9.59 Å². The van der Waals surface area contributed by atoms with Crippen LogP contribution in [-0.4, -0.2) is 27.9 Å². The Kier molecular flexibility index (Phi) is 4.83. The van der Waals surface area contributed by atoms with Crippen LogP contribution in [0, 0.1) is 0 Å². The molecule has 0 aromatic carbocycles. The van der Waals surface area contributed by atoms with Crippen LogP contribution in [0.2, 0.25) is 0 Å². The summed E-state index contributed by atoms with van der Waals surface area (Å²) in [4.78, 5) is 32.2. The Morgan fingerprint density at radius 1 is 1.43 bits per heavy atom. The molecule has 8 heteroatoms. The molecule has 2 aromatic heterocycles. The van der Waals surface area contributed by atoms with Crippen molar-refractivity contribution >= 4 is 29.0 Å². The van der Waals surface area contributed by atoms with Gasteiger partial charge < -0.3 is 15.8 Å². The van der Waals surface area contributed by atoms with Gasteiger partial charge in [0.05, 0.1) is 6.54 Å². The molecule has 0 radical (unpaired) electrons. The highest BCUT2D eigenvalue weighted by Gasteiger charge is 2.21. The van der Waals surface area contributed by atoms with Crippen LogP contribution in [0.25, 0.3) is 0 Å². The Balaban J connectivity index is 1.88. The van der Waals surface area contributed by atoms with Gasteiger partial charge in [-0.05, 0) is 18.4 Å². The number of hydrogen-bond acceptors (Lipinski definition) is 7. The van der Waals surface area contributed by atoms with E-state index in [1.807, 2.05) is 17.5 Å². The van der Waals surface area contributed by atoms with Crippen molar-refractivity contribution in [2.24, 2.45) is 0 Å². The van der Waals surface area contributed by atoms with Crippen molar-refractivity contribution in [3.63, 3.8) is 0 Å². The number of amides is 1. The lowest BCUT2D eigenvalue weighted by Gasteiger charge is -2.13. The molecule has 0 bridgehead atoms. The lowest BCUT2D eigenvalue weighted by molar-refractivity contribution is -0.129. The van der Waals surface area contributed by atoms with E-state index >= 15 is 0 Å². The molecule has 0 unspecified atom stereocenters. The molecule has 0 aliphatic heterocycles. The molecule has 0 saturated heterocycles. The van der Waals surface area contributed by atoms with Crippen molar-refractivity contribution in [1.82, 2.24) is 15.3 Å². The first-order chi connectivity index (χ1) is 10.1. The van der Waals surface area contributed by atoms with Crippen molar-refractivity contribution in [3.8, 4) is 0 Å². The summed E-state index contributed by atoms with van der Waals surface area (Å²) < 4.78 is 5.02. The van der Waals surface area contributed by atoms with Crippen LogP contribution < -0.4 is 11.1 Å². The number of ether oxygens (including phenoxy) is 1. The molecule has 21 heavy (non-hydrogen) atoms. The molecule has 1 atom stereocenters. The van der Waals surface area contributed by atoms with E-state index in [0.717, 1.165) is 4.88 Å². The molecule has 3 N–H and O–H groups in total. The minimum Gasteiger partial charge on any atom is -0.448 e. The number of nitrogen functional groups attached to an aromatic ring is 1. The number of nitrogens with one attached hydrogen (secondary N) is 1. The van der Waals surface area contributed by atoms with Crippen LogP contribution in [0.3, 0.4) is 0 Å². The van der Waals surface area contributed by atoms with Gasteiger partial charge in [0.1, 0.15) is 0 Å². The van der Waals surface area contributed by atoms with Crippen molar-refractivity contribution in [1.29, 1.82) is 0 Å². The topological polar surface area (TPSA) is 107 Å². The molecule has 2 rings (SSSR count). The number of rotatable bonds is 5. The van der Waals surface area contributed by atoms with Gasteiger partial charge in [0.25, 0.3) is 5.91 Å². The highest BCUT2D eigenvalue weighted by atomic mass is 32.1. The first kappa shape index (κ1) is 14.9. The molecule has 2 heterocycles. The van der Waals surface area contributed by atoms with E-state index in [2.05, 4.69) is 15.3 Å². The Morgan fingerprint density at radius 3 is 2.86 bits per heavy atom. The van der Waals surface area contributed by atoms with Gasteiger partial charge in [-0.25, -0.2) is 14.8 Å². The fraction of sp³-hybridized carbons (Fsp3) is 0.231. The minimum atomic E-state index is -0.945. The minimum absolute atomic E-state index is 0.0336. The quantitative estimate of drug-likeness (QED) is 0.797. The number of nitrogens with zero attached hydrogens (tertiary/aromatic N) is 2. The summed E-state index contributed by atoms with van der Waals surface area (Å²) in [5, 5.41) is 4.60. The first-order valence-electron chi connectivity index (χ1n) is 6.15. The van der Waals surface area contributed by atoms with Gasteiger partial charge in [-0.2, -0.15) is 0 Å². The summed E-state index contributed by atoms with van der Waals surface area (Å²) in [6.07, 6.45) is 1.75. The van der Waals surface area contributed by atoms with Gasteiger partial charge in [-0.1, -0.05) is 6.07 Å². The van der Waals surface area contributed by atoms with Gasteiger partial charge in [-0.3, -0.25) is 4.79 Å². The molecule has 0 aliphatic rings. The summed E-state index contributed by atoms with van der Waals surface area (Å²) in [5.74, 6) is -1.20. The molecule has 0 spiro atoms. The normalized spacial score (nSPS) is 11.7. The number of nitrogens with two attached hydrogens (primary N) is 1. The Morgan fingerprint density at radius 2 is 2.19 bits per heavy atom. The Labute approximate surface area is 125 Å². The third-order valence-corrected chi connectivity index (χ3v) is 3.47. The van der Waals surface area contributed by atoms with Crippen LogP contribution in [0.1, 0.15) is 22.3 Å². The van der Waals surface area contributed by atoms with Crippen molar-refractivity contribution in [2.45, 2.75) is 19.6 Å². The highest BCUT2D eigenvalue weighted by Crippen LogP contribution is 2.09.